The molecular formula is C18H17FN2O3. The van der Waals surface area contributed by atoms with Crippen LogP contribution in [0, 0.1) is 5.82 Å². The second-order valence-corrected chi connectivity index (χ2v) is 6.17. The van der Waals surface area contributed by atoms with Crippen molar-refractivity contribution in [3.05, 3.63) is 71.0 Å². The minimum Gasteiger partial charge on any atom is -0.322 e. The van der Waals surface area contributed by atoms with E-state index in [1.54, 1.807) is 50.2 Å². The molecule has 5 nitrogen and oxygen atoms in total. The maximum Gasteiger partial charge on any atom is 0.285 e. The lowest BCUT2D eigenvalue weighted by Crippen LogP contribution is -2.45. The Labute approximate surface area is 138 Å². The number of nitrogens with zero attached hydrogens (tertiary/aromatic N) is 1. The molecule has 1 heterocycles. The Balaban J connectivity index is 1.83. The number of nitrogens with two attached hydrogens (primary N) is 1. The van der Waals surface area contributed by atoms with Crippen molar-refractivity contribution >= 4 is 11.8 Å². The number of fused-ring (bicyclic) bond motifs is 1. The molecule has 0 aliphatic carbocycles. The van der Waals surface area contributed by atoms with Crippen molar-refractivity contribution in [2.45, 2.75) is 25.5 Å². The van der Waals surface area contributed by atoms with Crippen molar-refractivity contribution in [2.75, 3.05) is 0 Å². The molecule has 124 valence electrons. The summed E-state index contributed by atoms with van der Waals surface area (Å²) < 4.78 is 13.1. The molecule has 3 rings (SSSR count). The highest BCUT2D eigenvalue weighted by Crippen LogP contribution is 2.31. The van der Waals surface area contributed by atoms with Crippen LogP contribution in [0.1, 0.15) is 46.2 Å². The molecule has 0 radical (unpaired) electrons. The van der Waals surface area contributed by atoms with E-state index in [1.807, 2.05) is 0 Å². The molecule has 1 atom stereocenters. The molecule has 1 aliphatic rings. The van der Waals surface area contributed by atoms with E-state index in [9.17, 15) is 14.0 Å². The Morgan fingerprint density at radius 2 is 1.50 bits per heavy atom. The first-order valence-electron chi connectivity index (χ1n) is 7.49. The molecule has 1 aliphatic heterocycles. The normalized spacial score (nSPS) is 15.6. The average molecular weight is 328 g/mol. The van der Waals surface area contributed by atoms with Crippen molar-refractivity contribution in [3.8, 4) is 0 Å². The monoisotopic (exact) mass is 328 g/mol. The number of hydrogen-bond donors (Lipinski definition) is 1. The van der Waals surface area contributed by atoms with Gasteiger partial charge in [-0.15, -0.1) is 5.06 Å². The molecule has 2 aromatic carbocycles. The van der Waals surface area contributed by atoms with Crippen molar-refractivity contribution in [3.63, 3.8) is 0 Å². The predicted octanol–water partition coefficient (Wildman–Crippen LogP) is 2.83. The molecule has 2 N–H and O–H groups in total. The third kappa shape index (κ3) is 2.70. The summed E-state index contributed by atoms with van der Waals surface area (Å²) in [6.45, 7) is 3.34. The fourth-order valence-corrected chi connectivity index (χ4v) is 2.61. The van der Waals surface area contributed by atoms with Gasteiger partial charge in [0.1, 0.15) is 11.4 Å². The number of carbonyl (C=O) groups excluding carboxylic acids is 2. The van der Waals surface area contributed by atoms with Gasteiger partial charge in [0.2, 0.25) is 0 Å². The molecule has 0 spiro atoms. The van der Waals surface area contributed by atoms with E-state index >= 15 is 0 Å². The largest absolute Gasteiger partial charge is 0.322 e. The van der Waals surface area contributed by atoms with Crippen LogP contribution < -0.4 is 5.73 Å². The van der Waals surface area contributed by atoms with Gasteiger partial charge in [0.15, 0.2) is 0 Å². The number of halogens is 1. The molecule has 0 saturated heterocycles. The number of rotatable bonds is 4. The number of benzene rings is 2. The van der Waals surface area contributed by atoms with Gasteiger partial charge in [0.25, 0.3) is 11.8 Å². The molecule has 0 saturated carbocycles. The summed E-state index contributed by atoms with van der Waals surface area (Å²) >= 11 is 0. The van der Waals surface area contributed by atoms with Gasteiger partial charge in [-0.05, 0) is 43.7 Å². The van der Waals surface area contributed by atoms with E-state index in [0.29, 0.717) is 16.7 Å². The Morgan fingerprint density at radius 3 is 2.00 bits per heavy atom. The molecule has 2 amide bonds. The van der Waals surface area contributed by atoms with Gasteiger partial charge in [-0.1, -0.05) is 24.3 Å². The highest BCUT2D eigenvalue weighted by Gasteiger charge is 2.42. The van der Waals surface area contributed by atoms with Crippen molar-refractivity contribution < 1.29 is 18.8 Å². The van der Waals surface area contributed by atoms with Crippen LogP contribution in [0.4, 0.5) is 4.39 Å². The molecule has 6 heteroatoms. The number of hydroxylamine groups is 2. The zero-order valence-electron chi connectivity index (χ0n) is 13.3. The van der Waals surface area contributed by atoms with Crippen LogP contribution in [-0.2, 0) is 4.84 Å². The number of imide groups is 1. The second kappa shape index (κ2) is 5.81. The summed E-state index contributed by atoms with van der Waals surface area (Å²) in [5, 5.41) is 0.744. The Bertz CT molecular complexity index is 767. The van der Waals surface area contributed by atoms with Gasteiger partial charge >= 0.3 is 0 Å². The molecule has 2 aromatic rings. The topological polar surface area (TPSA) is 72.6 Å². The van der Waals surface area contributed by atoms with E-state index in [1.165, 1.54) is 12.1 Å². The molecule has 24 heavy (non-hydrogen) atoms. The minimum atomic E-state index is -1.06. The third-order valence-electron chi connectivity index (χ3n) is 4.06. The zero-order chi connectivity index (χ0) is 17.5. The number of amides is 2. The SMILES string of the molecule is CC(C)(ON1C(=O)c2ccccc2C1=O)C(N)c1ccc(F)cc1. The summed E-state index contributed by atoms with van der Waals surface area (Å²) in [5.74, 6) is -1.41. The van der Waals surface area contributed by atoms with E-state index in [2.05, 4.69) is 0 Å². The van der Waals surface area contributed by atoms with Gasteiger partial charge in [-0.25, -0.2) is 4.39 Å². The first-order valence-corrected chi connectivity index (χ1v) is 7.49. The average Bonchev–Trinajstić information content (AvgIpc) is 2.80. The summed E-state index contributed by atoms with van der Waals surface area (Å²) in [5.41, 5.74) is 6.37. The van der Waals surface area contributed by atoms with E-state index in [-0.39, 0.29) is 5.82 Å². The number of hydrogen-bond acceptors (Lipinski definition) is 4. The Kier molecular flexibility index (Phi) is 3.95. The standard InChI is InChI=1S/C18H17FN2O3/c1-18(2,15(20)11-7-9-12(19)10-8-11)24-21-16(22)13-5-3-4-6-14(13)17(21)23/h3-10,15H,20H2,1-2H3. The Hall–Kier alpha value is -2.57. The molecule has 1 unspecified atom stereocenters. The highest BCUT2D eigenvalue weighted by atomic mass is 19.1. The summed E-state index contributed by atoms with van der Waals surface area (Å²) in [4.78, 5) is 30.4. The van der Waals surface area contributed by atoms with Crippen molar-refractivity contribution in [1.82, 2.24) is 5.06 Å². The van der Waals surface area contributed by atoms with E-state index in [4.69, 9.17) is 10.6 Å². The summed E-state index contributed by atoms with van der Waals surface area (Å²) in [6, 6.07) is 11.5. The minimum absolute atomic E-state index is 0.300. The van der Waals surface area contributed by atoms with Crippen LogP contribution in [0.25, 0.3) is 0 Å². The summed E-state index contributed by atoms with van der Waals surface area (Å²) in [6.07, 6.45) is 0. The zero-order valence-corrected chi connectivity index (χ0v) is 13.3. The van der Waals surface area contributed by atoms with E-state index in [0.717, 1.165) is 5.06 Å². The van der Waals surface area contributed by atoms with Crippen LogP contribution in [0.15, 0.2) is 48.5 Å². The molecule has 0 aromatic heterocycles. The summed E-state index contributed by atoms with van der Waals surface area (Å²) in [7, 11) is 0. The van der Waals surface area contributed by atoms with Gasteiger partial charge in [0.05, 0.1) is 17.2 Å². The molecular weight excluding hydrogens is 311 g/mol. The Morgan fingerprint density at radius 1 is 1.00 bits per heavy atom. The van der Waals surface area contributed by atoms with Gasteiger partial charge in [-0.2, -0.15) is 0 Å². The number of carbonyl (C=O) groups is 2. The van der Waals surface area contributed by atoms with E-state index < -0.39 is 23.5 Å². The predicted molar refractivity (Wildman–Crippen MR) is 85.4 cm³/mol. The lowest BCUT2D eigenvalue weighted by atomic mass is 9.93. The van der Waals surface area contributed by atoms with Gasteiger partial charge in [-0.3, -0.25) is 14.4 Å². The highest BCUT2D eigenvalue weighted by molar-refractivity contribution is 6.20. The molecule has 0 bridgehead atoms. The lowest BCUT2D eigenvalue weighted by Gasteiger charge is -2.34. The van der Waals surface area contributed by atoms with Gasteiger partial charge < -0.3 is 5.73 Å². The fraction of sp³-hybridized carbons (Fsp3) is 0.222. The second-order valence-electron chi connectivity index (χ2n) is 6.17. The maximum atomic E-state index is 13.1. The lowest BCUT2D eigenvalue weighted by molar-refractivity contribution is -0.182. The van der Waals surface area contributed by atoms with Crippen LogP contribution in [-0.4, -0.2) is 22.5 Å². The van der Waals surface area contributed by atoms with Crippen molar-refractivity contribution in [1.29, 1.82) is 0 Å². The maximum absolute atomic E-state index is 13.1. The van der Waals surface area contributed by atoms with Crippen LogP contribution in [0.3, 0.4) is 0 Å². The van der Waals surface area contributed by atoms with Crippen LogP contribution >= 0.6 is 0 Å². The quantitative estimate of drug-likeness (QED) is 0.876. The first-order chi connectivity index (χ1) is 11.3. The van der Waals surface area contributed by atoms with Crippen LogP contribution in [0.2, 0.25) is 0 Å². The van der Waals surface area contributed by atoms with Gasteiger partial charge in [0, 0.05) is 0 Å². The fourth-order valence-electron chi connectivity index (χ4n) is 2.61. The first kappa shape index (κ1) is 16.3. The van der Waals surface area contributed by atoms with Crippen molar-refractivity contribution in [2.24, 2.45) is 5.73 Å². The third-order valence-corrected chi connectivity index (χ3v) is 4.06. The smallest absolute Gasteiger partial charge is 0.285 e. The van der Waals surface area contributed by atoms with Crippen LogP contribution in [0.5, 0.6) is 0 Å². The molecule has 0 fully saturated rings.